The summed E-state index contributed by atoms with van der Waals surface area (Å²) in [5, 5.41) is 6.50. The van der Waals surface area contributed by atoms with Crippen LogP contribution in [0, 0.1) is 0 Å². The molecule has 3 rings (SSSR count). The lowest BCUT2D eigenvalue weighted by molar-refractivity contribution is -0.123. The molecule has 27 heavy (non-hydrogen) atoms. The molecule has 0 atom stereocenters. The zero-order valence-corrected chi connectivity index (χ0v) is 16.9. The van der Waals surface area contributed by atoms with Gasteiger partial charge in [0.2, 0.25) is 0 Å². The molecule has 0 aliphatic rings. The highest BCUT2D eigenvalue weighted by Gasteiger charge is 2.07. The van der Waals surface area contributed by atoms with E-state index in [2.05, 4.69) is 51.6 Å². The molecule has 138 valence electrons. The van der Waals surface area contributed by atoms with Crippen molar-refractivity contribution in [3.63, 3.8) is 0 Å². The number of carbonyl (C=O) groups excluding carboxylic acids is 1. The molecule has 0 aromatic heterocycles. The van der Waals surface area contributed by atoms with Crippen LogP contribution in [0.1, 0.15) is 25.0 Å². The number of hydrogen-bond acceptors (Lipinski definition) is 3. The monoisotopic (exact) mass is 424 g/mol. The Morgan fingerprint density at radius 2 is 1.85 bits per heavy atom. The van der Waals surface area contributed by atoms with Gasteiger partial charge in [0.1, 0.15) is 5.75 Å². The summed E-state index contributed by atoms with van der Waals surface area (Å²) in [6, 6.07) is 20.1. The number of carbonyl (C=O) groups is 1. The molecule has 0 saturated carbocycles. The fourth-order valence-corrected chi connectivity index (χ4v) is 3.22. The van der Waals surface area contributed by atoms with E-state index in [0.29, 0.717) is 5.75 Å². The maximum atomic E-state index is 12.0. The Morgan fingerprint density at radius 1 is 1.07 bits per heavy atom. The third-order valence-corrected chi connectivity index (χ3v) is 4.90. The molecule has 3 aromatic carbocycles. The van der Waals surface area contributed by atoms with Gasteiger partial charge in [-0.05, 0) is 69.4 Å². The van der Waals surface area contributed by atoms with E-state index in [1.54, 1.807) is 0 Å². The number of ether oxygens (including phenoxy) is 1. The van der Waals surface area contributed by atoms with Crippen LogP contribution < -0.4 is 10.2 Å². The van der Waals surface area contributed by atoms with Crippen LogP contribution >= 0.6 is 15.9 Å². The van der Waals surface area contributed by atoms with Gasteiger partial charge in [-0.3, -0.25) is 4.79 Å². The molecule has 0 radical (unpaired) electrons. The van der Waals surface area contributed by atoms with Crippen molar-refractivity contribution in [2.45, 2.75) is 20.3 Å². The average molecular weight is 425 g/mol. The van der Waals surface area contributed by atoms with Crippen molar-refractivity contribution in [2.75, 3.05) is 6.61 Å². The van der Waals surface area contributed by atoms with E-state index in [0.717, 1.165) is 27.6 Å². The van der Waals surface area contributed by atoms with Gasteiger partial charge in [0.15, 0.2) is 6.61 Å². The van der Waals surface area contributed by atoms with Crippen molar-refractivity contribution in [2.24, 2.45) is 5.10 Å². The molecular weight excluding hydrogens is 404 g/mol. The van der Waals surface area contributed by atoms with Gasteiger partial charge in [-0.2, -0.15) is 5.10 Å². The topological polar surface area (TPSA) is 50.7 Å². The molecule has 1 amide bonds. The standard InChI is InChI=1S/C22H21BrN2O2/c1-3-16-8-11-21(20(23)12-16)27-14-22(26)25-24-15(2)18-10-9-17-6-4-5-7-19(17)13-18/h4-13H,3,14H2,1-2H3,(H,25,26). The molecular formula is C22H21BrN2O2. The van der Waals surface area contributed by atoms with Gasteiger partial charge in [-0.15, -0.1) is 0 Å². The van der Waals surface area contributed by atoms with Crippen LogP contribution in [-0.4, -0.2) is 18.2 Å². The van der Waals surface area contributed by atoms with E-state index in [-0.39, 0.29) is 12.5 Å². The number of rotatable bonds is 6. The number of nitrogens with one attached hydrogen (secondary N) is 1. The maximum Gasteiger partial charge on any atom is 0.277 e. The van der Waals surface area contributed by atoms with E-state index in [4.69, 9.17) is 4.74 Å². The Bertz CT molecular complexity index is 999. The number of amides is 1. The minimum Gasteiger partial charge on any atom is -0.483 e. The second-order valence-corrected chi connectivity index (χ2v) is 7.06. The van der Waals surface area contributed by atoms with Gasteiger partial charge in [-0.1, -0.05) is 49.4 Å². The van der Waals surface area contributed by atoms with E-state index in [1.807, 2.05) is 49.4 Å². The van der Waals surface area contributed by atoms with E-state index in [1.165, 1.54) is 10.9 Å². The molecule has 0 saturated heterocycles. The van der Waals surface area contributed by atoms with E-state index in [9.17, 15) is 4.79 Å². The van der Waals surface area contributed by atoms with Crippen LogP contribution in [0.25, 0.3) is 10.8 Å². The Balaban J connectivity index is 1.60. The van der Waals surface area contributed by atoms with Crippen molar-refractivity contribution in [1.82, 2.24) is 5.43 Å². The van der Waals surface area contributed by atoms with Crippen molar-refractivity contribution < 1.29 is 9.53 Å². The molecule has 0 bridgehead atoms. The molecule has 4 nitrogen and oxygen atoms in total. The molecule has 0 aliphatic carbocycles. The number of nitrogens with zero attached hydrogens (tertiary/aromatic N) is 1. The Labute approximate surface area is 167 Å². The van der Waals surface area contributed by atoms with Crippen molar-refractivity contribution >= 4 is 38.3 Å². The van der Waals surface area contributed by atoms with Crippen LogP contribution in [0.5, 0.6) is 5.75 Å². The Hall–Kier alpha value is -2.66. The molecule has 0 aliphatic heterocycles. The second-order valence-electron chi connectivity index (χ2n) is 6.20. The first-order chi connectivity index (χ1) is 13.1. The summed E-state index contributed by atoms with van der Waals surface area (Å²) < 4.78 is 6.40. The summed E-state index contributed by atoms with van der Waals surface area (Å²) in [6.07, 6.45) is 0.947. The summed E-state index contributed by atoms with van der Waals surface area (Å²) >= 11 is 3.47. The summed E-state index contributed by atoms with van der Waals surface area (Å²) in [5.41, 5.74) is 5.46. The smallest absolute Gasteiger partial charge is 0.277 e. The van der Waals surface area contributed by atoms with Gasteiger partial charge in [0.05, 0.1) is 10.2 Å². The minimum atomic E-state index is -0.304. The highest BCUT2D eigenvalue weighted by Crippen LogP contribution is 2.26. The van der Waals surface area contributed by atoms with Crippen molar-refractivity contribution in [1.29, 1.82) is 0 Å². The van der Waals surface area contributed by atoms with Crippen LogP contribution in [0.4, 0.5) is 0 Å². The van der Waals surface area contributed by atoms with Gasteiger partial charge < -0.3 is 4.74 Å². The molecule has 0 fully saturated rings. The first kappa shape index (κ1) is 19.1. The third kappa shape index (κ3) is 4.95. The number of halogens is 1. The molecule has 0 heterocycles. The number of hydrazone groups is 1. The van der Waals surface area contributed by atoms with Gasteiger partial charge in [0.25, 0.3) is 5.91 Å². The van der Waals surface area contributed by atoms with E-state index < -0.39 is 0 Å². The largest absolute Gasteiger partial charge is 0.483 e. The van der Waals surface area contributed by atoms with Gasteiger partial charge >= 0.3 is 0 Å². The predicted molar refractivity (Wildman–Crippen MR) is 113 cm³/mol. The first-order valence-electron chi connectivity index (χ1n) is 8.80. The average Bonchev–Trinajstić information content (AvgIpc) is 2.70. The lowest BCUT2D eigenvalue weighted by atomic mass is 10.0. The number of hydrogen-bond donors (Lipinski definition) is 1. The van der Waals surface area contributed by atoms with Crippen LogP contribution in [-0.2, 0) is 11.2 Å². The molecule has 0 spiro atoms. The van der Waals surface area contributed by atoms with Crippen molar-refractivity contribution in [3.8, 4) is 5.75 Å². The predicted octanol–water partition coefficient (Wildman–Crippen LogP) is 5.08. The van der Waals surface area contributed by atoms with Crippen LogP contribution in [0.3, 0.4) is 0 Å². The summed E-state index contributed by atoms with van der Waals surface area (Å²) in [6.45, 7) is 3.86. The summed E-state index contributed by atoms with van der Waals surface area (Å²) in [7, 11) is 0. The highest BCUT2D eigenvalue weighted by molar-refractivity contribution is 9.10. The third-order valence-electron chi connectivity index (χ3n) is 4.28. The zero-order chi connectivity index (χ0) is 19.2. The quantitative estimate of drug-likeness (QED) is 0.442. The van der Waals surface area contributed by atoms with Crippen molar-refractivity contribution in [3.05, 3.63) is 76.3 Å². The van der Waals surface area contributed by atoms with Crippen LogP contribution in [0.2, 0.25) is 0 Å². The summed E-state index contributed by atoms with van der Waals surface area (Å²) in [4.78, 5) is 12.0. The van der Waals surface area contributed by atoms with Gasteiger partial charge in [0, 0.05) is 0 Å². The number of fused-ring (bicyclic) bond motifs is 1. The lowest BCUT2D eigenvalue weighted by Crippen LogP contribution is -2.25. The molecule has 5 heteroatoms. The normalized spacial score (nSPS) is 11.4. The van der Waals surface area contributed by atoms with Gasteiger partial charge in [-0.25, -0.2) is 5.43 Å². The fourth-order valence-electron chi connectivity index (χ4n) is 2.68. The second kappa shape index (κ2) is 8.82. The number of aryl methyl sites for hydroxylation is 1. The SMILES string of the molecule is CCc1ccc(OCC(=O)NN=C(C)c2ccc3ccccc3c2)c(Br)c1. The van der Waals surface area contributed by atoms with Crippen LogP contribution in [0.15, 0.2) is 70.2 Å². The highest BCUT2D eigenvalue weighted by atomic mass is 79.9. The Morgan fingerprint density at radius 3 is 2.59 bits per heavy atom. The Kier molecular flexibility index (Phi) is 6.24. The number of benzene rings is 3. The molecule has 0 unspecified atom stereocenters. The maximum absolute atomic E-state index is 12.0. The summed E-state index contributed by atoms with van der Waals surface area (Å²) in [5.74, 6) is 0.333. The fraction of sp³-hybridized carbons (Fsp3) is 0.182. The molecule has 1 N–H and O–H groups in total. The van der Waals surface area contributed by atoms with E-state index >= 15 is 0 Å². The minimum absolute atomic E-state index is 0.0986. The lowest BCUT2D eigenvalue weighted by Gasteiger charge is -2.09. The first-order valence-corrected chi connectivity index (χ1v) is 9.59. The zero-order valence-electron chi connectivity index (χ0n) is 15.3. The molecule has 3 aromatic rings.